The second kappa shape index (κ2) is 4.78. The fourth-order valence-corrected chi connectivity index (χ4v) is 1.92. The number of nitrogens with zero attached hydrogens (tertiary/aromatic N) is 3. The molecule has 1 heterocycles. The smallest absolute Gasteiger partial charge is 0.269 e. The minimum absolute atomic E-state index is 0.00311. The molecule has 1 aliphatic rings. The van der Waals surface area contributed by atoms with Gasteiger partial charge in [0.25, 0.3) is 5.69 Å². The molecular formula is C11H15N7O2. The van der Waals surface area contributed by atoms with Gasteiger partial charge in [-0.25, -0.2) is 9.98 Å². The quantitative estimate of drug-likeness (QED) is 0.432. The van der Waals surface area contributed by atoms with Crippen LogP contribution in [0.1, 0.15) is 18.4 Å². The van der Waals surface area contributed by atoms with Crippen molar-refractivity contribution in [1.82, 2.24) is 5.32 Å². The van der Waals surface area contributed by atoms with Gasteiger partial charge in [-0.05, 0) is 5.56 Å². The van der Waals surface area contributed by atoms with E-state index in [1.165, 1.54) is 12.1 Å². The lowest BCUT2D eigenvalue weighted by molar-refractivity contribution is -0.384. The summed E-state index contributed by atoms with van der Waals surface area (Å²) in [7, 11) is 0. The molecule has 0 radical (unpaired) electrons. The summed E-state index contributed by atoms with van der Waals surface area (Å²) in [4.78, 5) is 18.3. The number of nitro benzene ring substituents is 1. The summed E-state index contributed by atoms with van der Waals surface area (Å²) >= 11 is 0. The van der Waals surface area contributed by atoms with Gasteiger partial charge in [-0.1, -0.05) is 19.1 Å². The number of aliphatic imine (C=N–C) groups is 2. The fraction of sp³-hybridized carbons (Fsp3) is 0.273. The van der Waals surface area contributed by atoms with Gasteiger partial charge in [0.15, 0.2) is 11.9 Å². The zero-order valence-corrected chi connectivity index (χ0v) is 10.8. The summed E-state index contributed by atoms with van der Waals surface area (Å²) in [6.07, 6.45) is 0. The van der Waals surface area contributed by atoms with Gasteiger partial charge in [-0.3, -0.25) is 21.2 Å². The van der Waals surface area contributed by atoms with Crippen molar-refractivity contribution in [3.63, 3.8) is 0 Å². The molecule has 7 N–H and O–H groups in total. The van der Waals surface area contributed by atoms with Gasteiger partial charge in [0, 0.05) is 18.1 Å². The maximum absolute atomic E-state index is 10.6. The van der Waals surface area contributed by atoms with Crippen molar-refractivity contribution in [2.75, 3.05) is 0 Å². The van der Waals surface area contributed by atoms with Crippen molar-refractivity contribution >= 4 is 17.6 Å². The van der Waals surface area contributed by atoms with Crippen molar-refractivity contribution < 1.29 is 4.92 Å². The molecule has 9 heteroatoms. The maximum atomic E-state index is 10.6. The highest BCUT2D eigenvalue weighted by atomic mass is 16.6. The van der Waals surface area contributed by atoms with Crippen LogP contribution in [0.5, 0.6) is 0 Å². The number of non-ortho nitro benzene ring substituents is 1. The van der Waals surface area contributed by atoms with Gasteiger partial charge < -0.3 is 11.5 Å². The molecule has 0 saturated heterocycles. The topological polar surface area (TPSA) is 158 Å². The molecule has 0 bridgehead atoms. The maximum Gasteiger partial charge on any atom is 0.269 e. The van der Waals surface area contributed by atoms with E-state index in [0.717, 1.165) is 5.56 Å². The van der Waals surface area contributed by atoms with Gasteiger partial charge in [0.2, 0.25) is 5.79 Å². The molecule has 1 aromatic rings. The predicted octanol–water partition coefficient (Wildman–Crippen LogP) is -0.457. The van der Waals surface area contributed by atoms with E-state index in [-0.39, 0.29) is 23.5 Å². The van der Waals surface area contributed by atoms with Crippen molar-refractivity contribution in [2.45, 2.75) is 18.6 Å². The van der Waals surface area contributed by atoms with E-state index in [1.807, 2.05) is 0 Å². The zero-order valence-electron chi connectivity index (χ0n) is 10.8. The Labute approximate surface area is 114 Å². The fourth-order valence-electron chi connectivity index (χ4n) is 1.92. The van der Waals surface area contributed by atoms with E-state index in [0.29, 0.717) is 0 Å². The molecule has 1 atom stereocenters. The van der Waals surface area contributed by atoms with E-state index in [9.17, 15) is 10.1 Å². The lowest BCUT2D eigenvalue weighted by atomic mass is 9.94. The Morgan fingerprint density at radius 2 is 1.75 bits per heavy atom. The molecule has 20 heavy (non-hydrogen) atoms. The molecule has 0 aliphatic carbocycles. The highest BCUT2D eigenvalue weighted by Crippen LogP contribution is 2.30. The number of hydrogen-bond acceptors (Lipinski definition) is 8. The summed E-state index contributed by atoms with van der Waals surface area (Å²) in [5.74, 6) is -1.54. The summed E-state index contributed by atoms with van der Waals surface area (Å²) in [6.45, 7) is 1.79. The van der Waals surface area contributed by atoms with E-state index in [1.54, 1.807) is 19.1 Å². The van der Waals surface area contributed by atoms with Crippen LogP contribution in [0.15, 0.2) is 34.3 Å². The molecule has 0 aromatic heterocycles. The molecule has 9 nitrogen and oxygen atoms in total. The predicted molar refractivity (Wildman–Crippen MR) is 74.8 cm³/mol. The van der Waals surface area contributed by atoms with Crippen LogP contribution in [0, 0.1) is 10.1 Å². The standard InChI is InChI=1S/C11H15N7O2/c1-6(7-2-4-8(5-3-7)18(19)20)11(14)16-9(12)15-10(13)17-11/h2-6H,14H2,1H3,(H5,12,13,15,16,17)/t6-/m0/s1. The van der Waals surface area contributed by atoms with E-state index < -0.39 is 10.7 Å². The number of guanidine groups is 2. The van der Waals surface area contributed by atoms with Crippen LogP contribution < -0.4 is 22.5 Å². The van der Waals surface area contributed by atoms with Crippen LogP contribution >= 0.6 is 0 Å². The molecule has 0 fully saturated rings. The number of hydrogen-bond donors (Lipinski definition) is 4. The number of benzene rings is 1. The van der Waals surface area contributed by atoms with Gasteiger partial charge in [-0.15, -0.1) is 0 Å². The van der Waals surface area contributed by atoms with Crippen LogP contribution in [0.3, 0.4) is 0 Å². The number of nitrogens with one attached hydrogen (secondary N) is 1. The lowest BCUT2D eigenvalue weighted by Gasteiger charge is -2.31. The van der Waals surface area contributed by atoms with Crippen LogP contribution in [0.2, 0.25) is 0 Å². The average molecular weight is 277 g/mol. The minimum Gasteiger partial charge on any atom is -0.370 e. The first kappa shape index (κ1) is 13.7. The number of nitro groups is 1. The van der Waals surface area contributed by atoms with E-state index in [2.05, 4.69) is 15.3 Å². The third kappa shape index (κ3) is 2.52. The molecule has 0 saturated carbocycles. The highest BCUT2D eigenvalue weighted by molar-refractivity contribution is 5.98. The summed E-state index contributed by atoms with van der Waals surface area (Å²) < 4.78 is 0. The van der Waals surface area contributed by atoms with Crippen LogP contribution in [0.25, 0.3) is 0 Å². The van der Waals surface area contributed by atoms with E-state index in [4.69, 9.17) is 17.2 Å². The second-order valence-corrected chi connectivity index (χ2v) is 4.47. The van der Waals surface area contributed by atoms with Crippen LogP contribution in [0.4, 0.5) is 5.69 Å². The Bertz CT molecular complexity index is 575. The van der Waals surface area contributed by atoms with Crippen molar-refractivity contribution in [2.24, 2.45) is 27.2 Å². The first-order valence-electron chi connectivity index (χ1n) is 5.83. The Morgan fingerprint density at radius 1 is 1.25 bits per heavy atom. The third-order valence-corrected chi connectivity index (χ3v) is 3.10. The van der Waals surface area contributed by atoms with E-state index >= 15 is 0 Å². The molecule has 106 valence electrons. The SMILES string of the molecule is C[C@@H](c1ccc([N+](=O)[O-])cc1)C1(N)N=C(N)NC(N)=N1. The van der Waals surface area contributed by atoms with Crippen molar-refractivity contribution in [3.05, 3.63) is 39.9 Å². The van der Waals surface area contributed by atoms with Crippen molar-refractivity contribution in [3.8, 4) is 0 Å². The Morgan fingerprint density at radius 3 is 2.20 bits per heavy atom. The summed E-state index contributed by atoms with van der Waals surface area (Å²) in [5, 5.41) is 13.2. The normalized spacial score (nSPS) is 18.5. The molecule has 0 unspecified atom stereocenters. The van der Waals surface area contributed by atoms with Gasteiger partial charge in [0.05, 0.1) is 4.92 Å². The average Bonchev–Trinajstić information content (AvgIpc) is 2.36. The summed E-state index contributed by atoms with van der Waals surface area (Å²) in [5.41, 5.74) is 18.0. The van der Waals surface area contributed by atoms with Gasteiger partial charge >= 0.3 is 0 Å². The number of nitrogens with two attached hydrogens (primary N) is 3. The Kier molecular flexibility index (Phi) is 3.28. The molecule has 0 amide bonds. The Hall–Kier alpha value is -2.68. The first-order valence-corrected chi connectivity index (χ1v) is 5.83. The molecular weight excluding hydrogens is 262 g/mol. The zero-order chi connectivity index (χ0) is 14.9. The first-order chi connectivity index (χ1) is 9.32. The highest BCUT2D eigenvalue weighted by Gasteiger charge is 2.35. The van der Waals surface area contributed by atoms with Crippen LogP contribution in [-0.2, 0) is 0 Å². The molecule has 1 aliphatic heterocycles. The van der Waals surface area contributed by atoms with Crippen LogP contribution in [-0.4, -0.2) is 22.6 Å². The molecule has 0 spiro atoms. The molecule has 1 aromatic carbocycles. The van der Waals surface area contributed by atoms with Gasteiger partial charge in [0.1, 0.15) is 0 Å². The monoisotopic (exact) mass is 277 g/mol. The Balaban J connectivity index is 2.33. The lowest BCUT2D eigenvalue weighted by Crippen LogP contribution is -2.54. The largest absolute Gasteiger partial charge is 0.370 e. The second-order valence-electron chi connectivity index (χ2n) is 4.47. The number of rotatable bonds is 3. The minimum atomic E-state index is -1.34. The van der Waals surface area contributed by atoms with Gasteiger partial charge in [-0.2, -0.15) is 0 Å². The summed E-state index contributed by atoms with van der Waals surface area (Å²) in [6, 6.07) is 6.01. The van der Waals surface area contributed by atoms with Crippen molar-refractivity contribution in [1.29, 1.82) is 0 Å². The third-order valence-electron chi connectivity index (χ3n) is 3.10. The molecule has 2 rings (SSSR count).